The topological polar surface area (TPSA) is 36.4 Å². The molecule has 0 fully saturated rings. The van der Waals surface area contributed by atoms with Crippen molar-refractivity contribution in [3.8, 4) is 0 Å². The average Bonchev–Trinajstić information content (AvgIpc) is 2.47. The van der Waals surface area contributed by atoms with Gasteiger partial charge in [-0.2, -0.15) is 5.10 Å². The maximum absolute atomic E-state index is 13.5. The summed E-state index contributed by atoms with van der Waals surface area (Å²) in [4.78, 5) is 0. The highest BCUT2D eigenvalue weighted by molar-refractivity contribution is 7.80. The fraction of sp³-hybridized carbons (Fsp3) is 0.0667. The molecule has 21 heavy (non-hydrogen) atoms. The summed E-state index contributed by atoms with van der Waals surface area (Å²) in [5.74, 6) is -0.378. The van der Waals surface area contributed by atoms with Gasteiger partial charge in [-0.25, -0.2) is 4.39 Å². The monoisotopic (exact) mass is 321 g/mol. The summed E-state index contributed by atoms with van der Waals surface area (Å²) in [5, 5.41) is 7.73. The van der Waals surface area contributed by atoms with Crippen molar-refractivity contribution in [2.24, 2.45) is 5.10 Å². The van der Waals surface area contributed by atoms with Crippen LogP contribution in [0.15, 0.2) is 53.6 Å². The summed E-state index contributed by atoms with van der Waals surface area (Å²) in [6.07, 6.45) is 0. The van der Waals surface area contributed by atoms with Crippen molar-refractivity contribution in [3.63, 3.8) is 0 Å². The maximum atomic E-state index is 13.5. The third-order valence-electron chi connectivity index (χ3n) is 2.69. The lowest BCUT2D eigenvalue weighted by Gasteiger charge is -2.08. The zero-order chi connectivity index (χ0) is 15.2. The van der Waals surface area contributed by atoms with E-state index in [0.29, 0.717) is 10.7 Å². The van der Waals surface area contributed by atoms with Gasteiger partial charge in [-0.1, -0.05) is 35.9 Å². The van der Waals surface area contributed by atoms with Crippen LogP contribution in [0.5, 0.6) is 0 Å². The van der Waals surface area contributed by atoms with E-state index in [1.165, 1.54) is 6.07 Å². The van der Waals surface area contributed by atoms with Gasteiger partial charge in [0, 0.05) is 5.02 Å². The molecule has 0 amide bonds. The molecule has 0 saturated heterocycles. The highest BCUT2D eigenvalue weighted by atomic mass is 35.5. The quantitative estimate of drug-likeness (QED) is 0.505. The number of halogens is 2. The second-order valence-electron chi connectivity index (χ2n) is 4.25. The second kappa shape index (κ2) is 7.15. The van der Waals surface area contributed by atoms with Crippen LogP contribution < -0.4 is 10.7 Å². The predicted octanol–water partition coefficient (Wildman–Crippen LogP) is 4.19. The van der Waals surface area contributed by atoms with E-state index in [1.807, 2.05) is 19.1 Å². The summed E-state index contributed by atoms with van der Waals surface area (Å²) in [7, 11) is 0. The Hall–Kier alpha value is -1.98. The summed E-state index contributed by atoms with van der Waals surface area (Å²) < 4.78 is 13.5. The molecule has 0 bridgehead atoms. The van der Waals surface area contributed by atoms with E-state index < -0.39 is 0 Å². The number of nitrogens with one attached hydrogen (secondary N) is 2. The lowest BCUT2D eigenvalue weighted by atomic mass is 10.1. The van der Waals surface area contributed by atoms with Gasteiger partial charge in [-0.05, 0) is 49.0 Å². The number of nitrogens with zero attached hydrogens (tertiary/aromatic N) is 1. The van der Waals surface area contributed by atoms with Crippen molar-refractivity contribution >= 4 is 40.3 Å². The first-order chi connectivity index (χ1) is 10.1. The molecule has 2 rings (SSSR count). The molecule has 2 aromatic carbocycles. The van der Waals surface area contributed by atoms with Gasteiger partial charge in [0.15, 0.2) is 5.11 Å². The lowest BCUT2D eigenvalue weighted by Crippen LogP contribution is -2.25. The number of benzene rings is 2. The van der Waals surface area contributed by atoms with E-state index in [0.717, 1.165) is 11.3 Å². The molecule has 0 aliphatic heterocycles. The molecule has 108 valence electrons. The Labute approximate surface area is 132 Å². The number of hydrogen-bond acceptors (Lipinski definition) is 2. The lowest BCUT2D eigenvalue weighted by molar-refractivity contribution is 0.632. The van der Waals surface area contributed by atoms with Crippen LogP contribution in [-0.2, 0) is 0 Å². The van der Waals surface area contributed by atoms with E-state index in [2.05, 4.69) is 15.8 Å². The second-order valence-corrected chi connectivity index (χ2v) is 5.10. The molecule has 0 unspecified atom stereocenters. The molecule has 0 heterocycles. The first kappa shape index (κ1) is 15.4. The first-order valence-electron chi connectivity index (χ1n) is 6.18. The molecule has 2 N–H and O–H groups in total. The molecule has 0 aliphatic rings. The highest BCUT2D eigenvalue weighted by Gasteiger charge is 2.03. The molecular formula is C15H13ClFN3S. The molecule has 0 aliphatic carbocycles. The van der Waals surface area contributed by atoms with Crippen LogP contribution in [0, 0.1) is 5.82 Å². The number of rotatable bonds is 3. The molecule has 6 heteroatoms. The molecule has 0 saturated carbocycles. The number of para-hydroxylation sites is 1. The van der Waals surface area contributed by atoms with Gasteiger partial charge >= 0.3 is 0 Å². The van der Waals surface area contributed by atoms with Crippen LogP contribution in [0.25, 0.3) is 0 Å². The first-order valence-corrected chi connectivity index (χ1v) is 6.96. The van der Waals surface area contributed by atoms with Crippen molar-refractivity contribution < 1.29 is 4.39 Å². The highest BCUT2D eigenvalue weighted by Crippen LogP contribution is 2.12. The third kappa shape index (κ3) is 4.51. The fourth-order valence-corrected chi connectivity index (χ4v) is 1.97. The predicted molar refractivity (Wildman–Crippen MR) is 89.4 cm³/mol. The fourth-order valence-electron chi connectivity index (χ4n) is 1.63. The van der Waals surface area contributed by atoms with E-state index in [4.69, 9.17) is 23.8 Å². The molecule has 0 spiro atoms. The van der Waals surface area contributed by atoms with Gasteiger partial charge < -0.3 is 5.32 Å². The normalized spacial score (nSPS) is 11.1. The number of hydrogen-bond donors (Lipinski definition) is 2. The van der Waals surface area contributed by atoms with Crippen LogP contribution in [0.4, 0.5) is 10.1 Å². The summed E-state index contributed by atoms with van der Waals surface area (Å²) in [6.45, 7) is 1.82. The average molecular weight is 322 g/mol. The van der Waals surface area contributed by atoms with Crippen LogP contribution in [0.1, 0.15) is 12.5 Å². The maximum Gasteiger partial charge on any atom is 0.191 e. The summed E-state index contributed by atoms with van der Waals surface area (Å²) >= 11 is 11.0. The molecular weight excluding hydrogens is 309 g/mol. The molecule has 0 radical (unpaired) electrons. The van der Waals surface area contributed by atoms with Gasteiger partial charge in [0.25, 0.3) is 0 Å². The summed E-state index contributed by atoms with van der Waals surface area (Å²) in [5.41, 5.74) is 4.57. The molecule has 0 atom stereocenters. The zero-order valence-electron chi connectivity index (χ0n) is 11.2. The summed E-state index contributed by atoms with van der Waals surface area (Å²) in [6, 6.07) is 13.6. The van der Waals surface area contributed by atoms with Crippen LogP contribution in [-0.4, -0.2) is 10.8 Å². The van der Waals surface area contributed by atoms with E-state index in [1.54, 1.807) is 30.3 Å². The van der Waals surface area contributed by atoms with Crippen molar-refractivity contribution in [1.29, 1.82) is 0 Å². The van der Waals surface area contributed by atoms with Crippen LogP contribution in [0.2, 0.25) is 5.02 Å². The van der Waals surface area contributed by atoms with E-state index >= 15 is 0 Å². The standard InChI is InChI=1S/C15H13ClFN3S/c1-10(11-5-4-6-12(16)9-11)19-20-15(21)18-14-8-3-2-7-13(14)17/h2-9H,1H3,(H2,18,20,21)/b19-10-. The van der Waals surface area contributed by atoms with Gasteiger partial charge in [-0.15, -0.1) is 0 Å². The number of anilines is 1. The van der Waals surface area contributed by atoms with Crippen molar-refractivity contribution in [2.45, 2.75) is 6.92 Å². The number of hydrazone groups is 1. The Bertz CT molecular complexity index is 688. The molecule has 3 nitrogen and oxygen atoms in total. The van der Waals surface area contributed by atoms with Gasteiger partial charge in [0.05, 0.1) is 11.4 Å². The minimum Gasteiger partial charge on any atom is -0.329 e. The Morgan fingerprint density at radius 1 is 1.19 bits per heavy atom. The van der Waals surface area contributed by atoms with Crippen LogP contribution in [0.3, 0.4) is 0 Å². The SMILES string of the molecule is C/C(=N/NC(=S)Nc1ccccc1F)c1cccc(Cl)c1. The minimum absolute atomic E-state index is 0.210. The van der Waals surface area contributed by atoms with Crippen molar-refractivity contribution in [3.05, 3.63) is 64.9 Å². The third-order valence-corrected chi connectivity index (χ3v) is 3.12. The zero-order valence-corrected chi connectivity index (χ0v) is 12.8. The van der Waals surface area contributed by atoms with E-state index in [-0.39, 0.29) is 10.9 Å². The Balaban J connectivity index is 2.00. The molecule has 2 aromatic rings. The largest absolute Gasteiger partial charge is 0.329 e. The smallest absolute Gasteiger partial charge is 0.191 e. The minimum atomic E-state index is -0.378. The van der Waals surface area contributed by atoms with Gasteiger partial charge in [0.1, 0.15) is 5.82 Å². The number of thiocarbonyl (C=S) groups is 1. The van der Waals surface area contributed by atoms with Crippen LogP contribution >= 0.6 is 23.8 Å². The Morgan fingerprint density at radius 2 is 1.95 bits per heavy atom. The van der Waals surface area contributed by atoms with E-state index in [9.17, 15) is 4.39 Å². The van der Waals surface area contributed by atoms with Crippen molar-refractivity contribution in [2.75, 3.05) is 5.32 Å². The van der Waals surface area contributed by atoms with Crippen molar-refractivity contribution in [1.82, 2.24) is 5.43 Å². The van der Waals surface area contributed by atoms with Gasteiger partial charge in [0.2, 0.25) is 0 Å². The van der Waals surface area contributed by atoms with Gasteiger partial charge in [-0.3, -0.25) is 5.43 Å². The molecule has 0 aromatic heterocycles. The Morgan fingerprint density at radius 3 is 2.67 bits per heavy atom. The Kier molecular flexibility index (Phi) is 5.25.